The fraction of sp³-hybridized carbons (Fsp3) is 0.0667. The molecule has 0 saturated heterocycles. The zero-order valence-electron chi connectivity index (χ0n) is 10.9. The van der Waals surface area contributed by atoms with Gasteiger partial charge in [0.2, 0.25) is 6.10 Å². The molecule has 1 N–H and O–H groups in total. The van der Waals surface area contributed by atoms with Gasteiger partial charge in [0.15, 0.2) is 11.6 Å². The Balaban J connectivity index is 1.96. The minimum Gasteiger partial charge on any atom is -0.478 e. The molecule has 0 bridgehead atoms. The van der Waals surface area contributed by atoms with Crippen LogP contribution in [0.2, 0.25) is 0 Å². The van der Waals surface area contributed by atoms with Crippen LogP contribution in [0.1, 0.15) is 11.0 Å². The minimum absolute atomic E-state index is 0.425. The zero-order chi connectivity index (χ0) is 14.7. The van der Waals surface area contributed by atoms with Gasteiger partial charge < -0.3 is 14.4 Å². The van der Waals surface area contributed by atoms with Crippen molar-refractivity contribution in [2.45, 2.75) is 6.10 Å². The van der Waals surface area contributed by atoms with Crippen LogP contribution in [0, 0.1) is 0 Å². The van der Waals surface area contributed by atoms with Crippen molar-refractivity contribution in [3.8, 4) is 11.6 Å². The van der Waals surface area contributed by atoms with E-state index in [0.717, 1.165) is 0 Å². The van der Waals surface area contributed by atoms with Crippen LogP contribution in [0.15, 0.2) is 60.4 Å². The predicted molar refractivity (Wildman–Crippen MR) is 78.9 cm³/mol. The third-order valence-electron chi connectivity index (χ3n) is 2.87. The molecule has 3 aromatic rings. The summed E-state index contributed by atoms with van der Waals surface area (Å²) in [5, 5.41) is 11.2. The lowest BCUT2D eigenvalue weighted by molar-refractivity contribution is -0.145. The van der Waals surface area contributed by atoms with E-state index in [1.807, 2.05) is 29.9 Å². The van der Waals surface area contributed by atoms with Crippen molar-refractivity contribution >= 4 is 17.3 Å². The van der Waals surface area contributed by atoms with Gasteiger partial charge in [-0.25, -0.2) is 9.78 Å². The van der Waals surface area contributed by atoms with E-state index in [2.05, 4.69) is 4.98 Å². The van der Waals surface area contributed by atoms with Gasteiger partial charge in [-0.1, -0.05) is 6.07 Å². The quantitative estimate of drug-likeness (QED) is 0.786. The number of carboxylic acid groups (broad SMARTS) is 1. The van der Waals surface area contributed by atoms with Gasteiger partial charge in [-0.15, -0.1) is 11.3 Å². The largest absolute Gasteiger partial charge is 0.478 e. The molecule has 0 radical (unpaired) electrons. The summed E-state index contributed by atoms with van der Waals surface area (Å²) in [6, 6.07) is 10.7. The van der Waals surface area contributed by atoms with E-state index in [0.29, 0.717) is 16.4 Å². The Hall–Kier alpha value is -2.60. The molecule has 0 saturated carbocycles. The number of ether oxygens (including phenoxy) is 1. The third kappa shape index (κ3) is 2.80. The van der Waals surface area contributed by atoms with Crippen molar-refractivity contribution in [3.63, 3.8) is 0 Å². The number of pyridine rings is 1. The maximum Gasteiger partial charge on any atom is 0.350 e. The molecule has 0 aliphatic heterocycles. The monoisotopic (exact) mass is 300 g/mol. The van der Waals surface area contributed by atoms with Crippen molar-refractivity contribution in [3.05, 3.63) is 65.2 Å². The molecule has 0 aromatic carbocycles. The Morgan fingerprint density at radius 2 is 2.05 bits per heavy atom. The standard InChI is InChI=1S/C15H12N2O3S/c18-15(19)13(12-6-4-10-21-12)20-11-5-3-7-16-14(11)17-8-1-2-9-17/h1-10,13H,(H,18,19). The fourth-order valence-corrected chi connectivity index (χ4v) is 2.69. The highest BCUT2D eigenvalue weighted by Crippen LogP contribution is 2.29. The Labute approximate surface area is 125 Å². The summed E-state index contributed by atoms with van der Waals surface area (Å²) in [5.41, 5.74) is 0. The third-order valence-corrected chi connectivity index (χ3v) is 3.79. The molecular formula is C15H12N2O3S. The molecule has 3 rings (SSSR count). The van der Waals surface area contributed by atoms with Crippen molar-refractivity contribution in [2.24, 2.45) is 0 Å². The molecule has 1 unspecified atom stereocenters. The van der Waals surface area contributed by atoms with Gasteiger partial charge in [0.25, 0.3) is 0 Å². The summed E-state index contributed by atoms with van der Waals surface area (Å²) < 4.78 is 7.48. The van der Waals surface area contributed by atoms with Gasteiger partial charge >= 0.3 is 5.97 Å². The van der Waals surface area contributed by atoms with E-state index in [-0.39, 0.29) is 0 Å². The van der Waals surface area contributed by atoms with Crippen molar-refractivity contribution in [1.29, 1.82) is 0 Å². The molecule has 3 heterocycles. The molecule has 0 aliphatic rings. The van der Waals surface area contributed by atoms with Gasteiger partial charge in [-0.05, 0) is 35.7 Å². The van der Waals surface area contributed by atoms with Crippen LogP contribution in [0.3, 0.4) is 0 Å². The summed E-state index contributed by atoms with van der Waals surface area (Å²) in [6.07, 6.45) is 4.26. The average molecular weight is 300 g/mol. The number of rotatable bonds is 5. The number of hydrogen-bond acceptors (Lipinski definition) is 4. The summed E-state index contributed by atoms with van der Waals surface area (Å²) in [5.74, 6) is -0.0421. The molecule has 1 atom stereocenters. The maximum atomic E-state index is 11.5. The first-order valence-electron chi connectivity index (χ1n) is 6.27. The van der Waals surface area contributed by atoms with E-state index in [1.165, 1.54) is 11.3 Å². The summed E-state index contributed by atoms with van der Waals surface area (Å²) in [6.45, 7) is 0. The molecular weight excluding hydrogens is 288 g/mol. The first-order chi connectivity index (χ1) is 10.3. The molecule has 5 nitrogen and oxygen atoms in total. The van der Waals surface area contributed by atoms with Gasteiger partial charge in [0.1, 0.15) is 0 Å². The smallest absolute Gasteiger partial charge is 0.350 e. The van der Waals surface area contributed by atoms with Crippen molar-refractivity contribution in [2.75, 3.05) is 0 Å². The second-order valence-electron chi connectivity index (χ2n) is 4.27. The highest BCUT2D eigenvalue weighted by molar-refractivity contribution is 7.10. The van der Waals surface area contributed by atoms with Crippen LogP contribution < -0.4 is 4.74 Å². The van der Waals surface area contributed by atoms with E-state index in [1.54, 1.807) is 35.0 Å². The number of nitrogens with zero attached hydrogens (tertiary/aromatic N) is 2. The van der Waals surface area contributed by atoms with E-state index >= 15 is 0 Å². The highest BCUT2D eigenvalue weighted by atomic mass is 32.1. The van der Waals surface area contributed by atoms with Gasteiger partial charge in [0, 0.05) is 18.6 Å². The number of hydrogen-bond donors (Lipinski definition) is 1. The minimum atomic E-state index is -1.04. The molecule has 106 valence electrons. The predicted octanol–water partition coefficient (Wildman–Crippen LogP) is 3.14. The number of carbonyl (C=O) groups is 1. The second-order valence-corrected chi connectivity index (χ2v) is 5.25. The Morgan fingerprint density at radius 3 is 2.71 bits per heavy atom. The molecule has 0 amide bonds. The fourth-order valence-electron chi connectivity index (χ4n) is 1.94. The topological polar surface area (TPSA) is 64.3 Å². The van der Waals surface area contributed by atoms with E-state index < -0.39 is 12.1 Å². The summed E-state index contributed by atoms with van der Waals surface area (Å²) >= 11 is 1.35. The van der Waals surface area contributed by atoms with E-state index in [9.17, 15) is 9.90 Å². The van der Waals surface area contributed by atoms with Crippen LogP contribution in [-0.4, -0.2) is 20.6 Å². The van der Waals surface area contributed by atoms with Crippen LogP contribution in [0.4, 0.5) is 0 Å². The van der Waals surface area contributed by atoms with Gasteiger partial charge in [-0.3, -0.25) is 0 Å². The van der Waals surface area contributed by atoms with Crippen LogP contribution in [0.25, 0.3) is 5.82 Å². The maximum absolute atomic E-state index is 11.5. The Morgan fingerprint density at radius 1 is 1.24 bits per heavy atom. The van der Waals surface area contributed by atoms with Crippen LogP contribution in [-0.2, 0) is 4.79 Å². The van der Waals surface area contributed by atoms with Crippen LogP contribution in [0.5, 0.6) is 5.75 Å². The number of thiophene rings is 1. The SMILES string of the molecule is O=C(O)C(Oc1cccnc1-n1cccc1)c1cccs1. The highest BCUT2D eigenvalue weighted by Gasteiger charge is 2.24. The van der Waals surface area contributed by atoms with Gasteiger partial charge in [0.05, 0.1) is 4.88 Å². The molecule has 3 aromatic heterocycles. The number of carboxylic acids is 1. The van der Waals surface area contributed by atoms with E-state index in [4.69, 9.17) is 4.74 Å². The number of aliphatic carboxylic acids is 1. The molecule has 0 spiro atoms. The molecule has 0 aliphatic carbocycles. The summed E-state index contributed by atoms with van der Waals surface area (Å²) in [4.78, 5) is 16.4. The van der Waals surface area contributed by atoms with Crippen molar-refractivity contribution in [1.82, 2.24) is 9.55 Å². The van der Waals surface area contributed by atoms with Crippen molar-refractivity contribution < 1.29 is 14.6 Å². The Bertz CT molecular complexity index is 723. The lowest BCUT2D eigenvalue weighted by atomic mass is 10.3. The molecule has 6 heteroatoms. The first kappa shape index (κ1) is 13.4. The Kier molecular flexibility index (Phi) is 3.70. The average Bonchev–Trinajstić information content (AvgIpc) is 3.18. The number of aromatic nitrogens is 2. The second kappa shape index (κ2) is 5.80. The lowest BCUT2D eigenvalue weighted by Crippen LogP contribution is -2.18. The van der Waals surface area contributed by atoms with Crippen LogP contribution >= 0.6 is 11.3 Å². The van der Waals surface area contributed by atoms with Gasteiger partial charge in [-0.2, -0.15) is 0 Å². The zero-order valence-corrected chi connectivity index (χ0v) is 11.7. The normalized spacial score (nSPS) is 12.0. The molecule has 21 heavy (non-hydrogen) atoms. The lowest BCUT2D eigenvalue weighted by Gasteiger charge is -2.16. The summed E-state index contributed by atoms with van der Waals surface area (Å²) in [7, 11) is 0. The first-order valence-corrected chi connectivity index (χ1v) is 7.15. The molecule has 0 fully saturated rings.